The van der Waals surface area contributed by atoms with E-state index in [9.17, 15) is 0 Å². The van der Waals surface area contributed by atoms with Crippen LogP contribution in [-0.4, -0.2) is 11.0 Å². The molecule has 0 aliphatic heterocycles. The highest BCUT2D eigenvalue weighted by Gasteiger charge is 2.10. The van der Waals surface area contributed by atoms with Crippen molar-refractivity contribution < 1.29 is 0 Å². The second kappa shape index (κ2) is 6.74. The number of nitrogens with one attached hydrogen (secondary N) is 1. The fourth-order valence-electron chi connectivity index (χ4n) is 1.68. The van der Waals surface area contributed by atoms with E-state index in [4.69, 9.17) is 11.6 Å². The number of hydrogen-bond acceptors (Lipinski definition) is 2. The zero-order valence-corrected chi connectivity index (χ0v) is 11.1. The Morgan fingerprint density at radius 1 is 1.31 bits per heavy atom. The summed E-state index contributed by atoms with van der Waals surface area (Å²) >= 11 is 5.85. The highest BCUT2D eigenvalue weighted by atomic mass is 35.5. The molecular formula is C13H21ClN2. The second-order valence-corrected chi connectivity index (χ2v) is 4.73. The molecule has 0 bridgehead atoms. The van der Waals surface area contributed by atoms with E-state index >= 15 is 0 Å². The molecule has 0 aromatic carbocycles. The van der Waals surface area contributed by atoms with Gasteiger partial charge in [0.25, 0.3) is 0 Å². The van der Waals surface area contributed by atoms with Crippen LogP contribution in [0.2, 0.25) is 5.15 Å². The molecule has 2 nitrogen and oxygen atoms in total. The van der Waals surface area contributed by atoms with Gasteiger partial charge < -0.3 is 5.32 Å². The lowest BCUT2D eigenvalue weighted by molar-refractivity contribution is 0.461. The predicted octanol–water partition coefficient (Wildman–Crippen LogP) is 4.36. The number of rotatable bonds is 6. The van der Waals surface area contributed by atoms with E-state index in [2.05, 4.69) is 31.1 Å². The lowest BCUT2D eigenvalue weighted by Gasteiger charge is -2.20. The van der Waals surface area contributed by atoms with Crippen LogP contribution in [0.5, 0.6) is 0 Å². The molecule has 2 unspecified atom stereocenters. The molecule has 0 saturated heterocycles. The van der Waals surface area contributed by atoms with Crippen LogP contribution in [0.15, 0.2) is 18.2 Å². The van der Waals surface area contributed by atoms with Crippen molar-refractivity contribution in [2.75, 3.05) is 5.32 Å². The van der Waals surface area contributed by atoms with E-state index in [-0.39, 0.29) is 0 Å². The Kier molecular flexibility index (Phi) is 5.61. The average Bonchev–Trinajstić information content (AvgIpc) is 2.28. The van der Waals surface area contributed by atoms with E-state index < -0.39 is 0 Å². The Bertz CT molecular complexity index is 315. The molecule has 0 aliphatic rings. The van der Waals surface area contributed by atoms with Gasteiger partial charge >= 0.3 is 0 Å². The van der Waals surface area contributed by atoms with Crippen LogP contribution in [0.1, 0.15) is 40.0 Å². The monoisotopic (exact) mass is 240 g/mol. The van der Waals surface area contributed by atoms with Gasteiger partial charge in [-0.1, -0.05) is 44.9 Å². The number of anilines is 1. The summed E-state index contributed by atoms with van der Waals surface area (Å²) < 4.78 is 0. The van der Waals surface area contributed by atoms with Crippen LogP contribution < -0.4 is 5.32 Å². The smallest absolute Gasteiger partial charge is 0.131 e. The minimum atomic E-state index is 0.487. The van der Waals surface area contributed by atoms with E-state index in [1.54, 1.807) is 6.07 Å². The van der Waals surface area contributed by atoms with Crippen molar-refractivity contribution in [3.8, 4) is 0 Å². The molecule has 1 aromatic heterocycles. The van der Waals surface area contributed by atoms with Crippen LogP contribution in [0.4, 0.5) is 5.82 Å². The van der Waals surface area contributed by atoms with Crippen molar-refractivity contribution in [3.05, 3.63) is 23.4 Å². The van der Waals surface area contributed by atoms with E-state index in [1.165, 1.54) is 12.8 Å². The van der Waals surface area contributed by atoms with E-state index in [0.29, 0.717) is 11.2 Å². The molecule has 16 heavy (non-hydrogen) atoms. The second-order valence-electron chi connectivity index (χ2n) is 4.34. The molecule has 0 aliphatic carbocycles. The molecule has 1 aromatic rings. The first-order chi connectivity index (χ1) is 7.65. The number of aromatic nitrogens is 1. The number of pyridine rings is 1. The zero-order valence-electron chi connectivity index (χ0n) is 10.3. The average molecular weight is 241 g/mol. The van der Waals surface area contributed by atoms with Crippen molar-refractivity contribution in [2.24, 2.45) is 5.92 Å². The molecule has 0 fully saturated rings. The summed E-state index contributed by atoms with van der Waals surface area (Å²) in [5.74, 6) is 1.62. The van der Waals surface area contributed by atoms with E-state index in [1.807, 2.05) is 12.1 Å². The maximum absolute atomic E-state index is 5.85. The van der Waals surface area contributed by atoms with Gasteiger partial charge in [0.2, 0.25) is 0 Å². The molecule has 0 saturated carbocycles. The third kappa shape index (κ3) is 4.40. The maximum Gasteiger partial charge on any atom is 0.131 e. The number of halogens is 1. The number of hydrogen-bond donors (Lipinski definition) is 1. The van der Waals surface area contributed by atoms with Crippen molar-refractivity contribution in [2.45, 2.75) is 46.1 Å². The molecule has 1 heterocycles. The Labute approximate surface area is 103 Å². The first-order valence-electron chi connectivity index (χ1n) is 6.04. The topological polar surface area (TPSA) is 24.9 Å². The third-order valence-corrected chi connectivity index (χ3v) is 3.15. The van der Waals surface area contributed by atoms with Crippen molar-refractivity contribution in [1.29, 1.82) is 0 Å². The molecule has 0 radical (unpaired) electrons. The lowest BCUT2D eigenvalue weighted by atomic mass is 9.98. The molecule has 1 rings (SSSR count). The molecule has 3 heteroatoms. The molecule has 1 N–H and O–H groups in total. The van der Waals surface area contributed by atoms with Gasteiger partial charge in [-0.05, 0) is 30.9 Å². The zero-order chi connectivity index (χ0) is 12.0. The fraction of sp³-hybridized carbons (Fsp3) is 0.615. The maximum atomic E-state index is 5.85. The molecule has 2 atom stereocenters. The fourth-order valence-corrected chi connectivity index (χ4v) is 1.84. The van der Waals surface area contributed by atoms with Crippen LogP contribution in [0.25, 0.3) is 0 Å². The van der Waals surface area contributed by atoms with Crippen molar-refractivity contribution >= 4 is 17.4 Å². The Hall–Kier alpha value is -0.760. The molecule has 0 amide bonds. The summed E-state index contributed by atoms with van der Waals surface area (Å²) in [4.78, 5) is 4.25. The molecule has 0 spiro atoms. The Balaban J connectivity index is 2.56. The first kappa shape index (κ1) is 13.3. The Morgan fingerprint density at radius 3 is 2.62 bits per heavy atom. The molecular weight excluding hydrogens is 220 g/mol. The van der Waals surface area contributed by atoms with E-state index in [0.717, 1.165) is 18.2 Å². The van der Waals surface area contributed by atoms with Crippen LogP contribution in [0.3, 0.4) is 0 Å². The first-order valence-corrected chi connectivity index (χ1v) is 6.42. The highest BCUT2D eigenvalue weighted by molar-refractivity contribution is 6.29. The third-order valence-electron chi connectivity index (χ3n) is 2.94. The summed E-state index contributed by atoms with van der Waals surface area (Å²) in [5, 5.41) is 3.98. The largest absolute Gasteiger partial charge is 0.367 e. The summed E-state index contributed by atoms with van der Waals surface area (Å²) in [6, 6.07) is 6.17. The van der Waals surface area contributed by atoms with Gasteiger partial charge in [-0.15, -0.1) is 0 Å². The van der Waals surface area contributed by atoms with Crippen LogP contribution in [-0.2, 0) is 0 Å². The quantitative estimate of drug-likeness (QED) is 0.748. The standard InChI is InChI=1S/C13H21ClN2/c1-4-10(3)9-11(5-2)15-13-8-6-7-12(14)16-13/h6-8,10-11H,4-5,9H2,1-3H3,(H,15,16). The van der Waals surface area contributed by atoms with Gasteiger partial charge in [0.05, 0.1) is 0 Å². The normalized spacial score (nSPS) is 14.5. The SMILES string of the molecule is CCC(C)CC(CC)Nc1cccc(Cl)n1. The summed E-state index contributed by atoms with van der Waals surface area (Å²) in [6.45, 7) is 6.72. The van der Waals surface area contributed by atoms with Gasteiger partial charge in [-0.3, -0.25) is 0 Å². The minimum absolute atomic E-state index is 0.487. The van der Waals surface area contributed by atoms with Crippen LogP contribution in [0, 0.1) is 5.92 Å². The Morgan fingerprint density at radius 2 is 2.06 bits per heavy atom. The van der Waals surface area contributed by atoms with Crippen molar-refractivity contribution in [1.82, 2.24) is 4.98 Å². The van der Waals surface area contributed by atoms with Gasteiger partial charge in [-0.2, -0.15) is 0 Å². The van der Waals surface area contributed by atoms with Gasteiger partial charge in [0.1, 0.15) is 11.0 Å². The van der Waals surface area contributed by atoms with Gasteiger partial charge in [0, 0.05) is 6.04 Å². The van der Waals surface area contributed by atoms with Gasteiger partial charge in [0.15, 0.2) is 0 Å². The predicted molar refractivity (Wildman–Crippen MR) is 71.0 cm³/mol. The summed E-state index contributed by atoms with van der Waals surface area (Å²) in [7, 11) is 0. The van der Waals surface area contributed by atoms with Gasteiger partial charge in [-0.25, -0.2) is 4.98 Å². The number of nitrogens with zero attached hydrogens (tertiary/aromatic N) is 1. The minimum Gasteiger partial charge on any atom is -0.367 e. The van der Waals surface area contributed by atoms with Crippen molar-refractivity contribution in [3.63, 3.8) is 0 Å². The van der Waals surface area contributed by atoms with Crippen LogP contribution >= 0.6 is 11.6 Å². The summed E-state index contributed by atoms with van der Waals surface area (Å²) in [5.41, 5.74) is 0. The molecule has 90 valence electrons. The summed E-state index contributed by atoms with van der Waals surface area (Å²) in [6.07, 6.45) is 3.51. The lowest BCUT2D eigenvalue weighted by Crippen LogP contribution is -2.21. The highest BCUT2D eigenvalue weighted by Crippen LogP contribution is 2.17.